The van der Waals surface area contributed by atoms with Gasteiger partial charge in [-0.3, -0.25) is 9.59 Å². The SMILES string of the molecule is CCOC(=O)C(N)Cc1ccc2c(c1)NC(=O)CC2. The molecule has 3 N–H and O–H groups in total. The Hall–Kier alpha value is -1.88. The first-order chi connectivity index (χ1) is 9.10. The minimum atomic E-state index is -0.669. The minimum absolute atomic E-state index is 0.0272. The Kier molecular flexibility index (Phi) is 4.16. The Labute approximate surface area is 112 Å². The van der Waals surface area contributed by atoms with E-state index in [0.29, 0.717) is 19.4 Å². The van der Waals surface area contributed by atoms with Crippen LogP contribution in [0.5, 0.6) is 0 Å². The summed E-state index contributed by atoms with van der Waals surface area (Å²) in [4.78, 5) is 22.8. The average Bonchev–Trinajstić information content (AvgIpc) is 2.38. The van der Waals surface area contributed by atoms with E-state index in [9.17, 15) is 9.59 Å². The van der Waals surface area contributed by atoms with Crippen molar-refractivity contribution in [1.29, 1.82) is 0 Å². The molecule has 1 heterocycles. The van der Waals surface area contributed by atoms with Gasteiger partial charge in [0.2, 0.25) is 5.91 Å². The van der Waals surface area contributed by atoms with Crippen molar-refractivity contribution in [2.45, 2.75) is 32.2 Å². The highest BCUT2D eigenvalue weighted by Crippen LogP contribution is 2.24. The zero-order chi connectivity index (χ0) is 13.8. The topological polar surface area (TPSA) is 81.4 Å². The van der Waals surface area contributed by atoms with E-state index in [2.05, 4.69) is 5.32 Å². The van der Waals surface area contributed by atoms with Crippen molar-refractivity contribution in [1.82, 2.24) is 0 Å². The molecule has 1 aromatic carbocycles. The molecular formula is C14H18N2O3. The van der Waals surface area contributed by atoms with Crippen molar-refractivity contribution >= 4 is 17.6 Å². The van der Waals surface area contributed by atoms with Crippen molar-refractivity contribution in [3.05, 3.63) is 29.3 Å². The number of carbonyl (C=O) groups is 2. The van der Waals surface area contributed by atoms with Crippen LogP contribution in [0, 0.1) is 0 Å². The van der Waals surface area contributed by atoms with Gasteiger partial charge in [0, 0.05) is 12.1 Å². The molecule has 1 atom stereocenters. The van der Waals surface area contributed by atoms with Crippen LogP contribution in [0.1, 0.15) is 24.5 Å². The van der Waals surface area contributed by atoms with Crippen LogP contribution < -0.4 is 11.1 Å². The van der Waals surface area contributed by atoms with E-state index in [-0.39, 0.29) is 5.91 Å². The Morgan fingerprint density at radius 1 is 1.47 bits per heavy atom. The number of aryl methyl sites for hydroxylation is 1. The molecule has 0 bridgehead atoms. The number of hydrogen-bond donors (Lipinski definition) is 2. The Morgan fingerprint density at radius 2 is 2.26 bits per heavy atom. The third-order valence-electron chi connectivity index (χ3n) is 3.11. The molecule has 1 unspecified atom stereocenters. The highest BCUT2D eigenvalue weighted by molar-refractivity contribution is 5.94. The molecule has 1 aliphatic rings. The lowest BCUT2D eigenvalue weighted by molar-refractivity contribution is -0.144. The zero-order valence-electron chi connectivity index (χ0n) is 10.9. The number of esters is 1. The predicted octanol–water partition coefficient (Wildman–Crippen LogP) is 1.00. The van der Waals surface area contributed by atoms with E-state index in [4.69, 9.17) is 10.5 Å². The lowest BCUT2D eigenvalue weighted by Crippen LogP contribution is -2.34. The molecule has 5 heteroatoms. The second-order valence-electron chi connectivity index (χ2n) is 4.60. The quantitative estimate of drug-likeness (QED) is 0.793. The van der Waals surface area contributed by atoms with Crippen molar-refractivity contribution < 1.29 is 14.3 Å². The second-order valence-corrected chi connectivity index (χ2v) is 4.60. The first kappa shape index (κ1) is 13.5. The normalized spacial score (nSPS) is 15.4. The van der Waals surface area contributed by atoms with Gasteiger partial charge in [0.25, 0.3) is 0 Å². The molecule has 1 aliphatic heterocycles. The number of fused-ring (bicyclic) bond motifs is 1. The first-order valence-electron chi connectivity index (χ1n) is 6.44. The van der Waals surface area contributed by atoms with Crippen LogP contribution in [0.3, 0.4) is 0 Å². The number of ether oxygens (including phenoxy) is 1. The van der Waals surface area contributed by atoms with Crippen LogP contribution >= 0.6 is 0 Å². The zero-order valence-corrected chi connectivity index (χ0v) is 10.9. The molecule has 2 rings (SSSR count). The number of benzene rings is 1. The first-order valence-corrected chi connectivity index (χ1v) is 6.44. The summed E-state index contributed by atoms with van der Waals surface area (Å²) in [6.07, 6.45) is 1.68. The number of hydrogen-bond acceptors (Lipinski definition) is 4. The van der Waals surface area contributed by atoms with Gasteiger partial charge in [-0.2, -0.15) is 0 Å². The fourth-order valence-corrected chi connectivity index (χ4v) is 2.13. The predicted molar refractivity (Wildman–Crippen MR) is 71.7 cm³/mol. The highest BCUT2D eigenvalue weighted by atomic mass is 16.5. The fourth-order valence-electron chi connectivity index (χ4n) is 2.13. The summed E-state index contributed by atoms with van der Waals surface area (Å²) in [6, 6.07) is 5.13. The van der Waals surface area contributed by atoms with Crippen LogP contribution in [0.2, 0.25) is 0 Å². The number of anilines is 1. The summed E-state index contributed by atoms with van der Waals surface area (Å²) < 4.78 is 4.87. The van der Waals surface area contributed by atoms with Crippen LogP contribution in [0.25, 0.3) is 0 Å². The Morgan fingerprint density at radius 3 is 3.00 bits per heavy atom. The maximum absolute atomic E-state index is 11.5. The summed E-state index contributed by atoms with van der Waals surface area (Å²) in [5.74, 6) is -0.372. The van der Waals surface area contributed by atoms with Crippen LogP contribution in [-0.4, -0.2) is 24.5 Å². The summed E-state index contributed by atoms with van der Waals surface area (Å²) in [7, 11) is 0. The number of nitrogens with two attached hydrogens (primary N) is 1. The van der Waals surface area contributed by atoms with Crippen molar-refractivity contribution in [3.63, 3.8) is 0 Å². The monoisotopic (exact) mass is 262 g/mol. The highest BCUT2D eigenvalue weighted by Gasteiger charge is 2.18. The smallest absolute Gasteiger partial charge is 0.323 e. The maximum atomic E-state index is 11.5. The van der Waals surface area contributed by atoms with E-state index in [1.807, 2.05) is 18.2 Å². The van der Waals surface area contributed by atoms with Gasteiger partial charge in [-0.05, 0) is 37.0 Å². The van der Waals surface area contributed by atoms with E-state index < -0.39 is 12.0 Å². The molecule has 0 aromatic heterocycles. The number of carbonyl (C=O) groups excluding carboxylic acids is 2. The number of nitrogens with one attached hydrogen (secondary N) is 1. The van der Waals surface area contributed by atoms with Gasteiger partial charge in [0.1, 0.15) is 6.04 Å². The van der Waals surface area contributed by atoms with E-state index in [0.717, 1.165) is 23.2 Å². The van der Waals surface area contributed by atoms with Crippen molar-refractivity contribution in [2.75, 3.05) is 11.9 Å². The fraction of sp³-hybridized carbons (Fsp3) is 0.429. The number of rotatable bonds is 4. The van der Waals surface area contributed by atoms with Gasteiger partial charge < -0.3 is 15.8 Å². The van der Waals surface area contributed by atoms with Crippen LogP contribution in [0.4, 0.5) is 5.69 Å². The molecular weight excluding hydrogens is 244 g/mol. The molecule has 1 aromatic rings. The lowest BCUT2D eigenvalue weighted by atomic mass is 9.98. The molecule has 19 heavy (non-hydrogen) atoms. The van der Waals surface area contributed by atoms with Crippen LogP contribution in [0.15, 0.2) is 18.2 Å². The van der Waals surface area contributed by atoms with Gasteiger partial charge in [-0.25, -0.2) is 0 Å². The van der Waals surface area contributed by atoms with Gasteiger partial charge in [0.15, 0.2) is 0 Å². The van der Waals surface area contributed by atoms with Gasteiger partial charge >= 0.3 is 5.97 Å². The van der Waals surface area contributed by atoms with E-state index in [1.54, 1.807) is 6.92 Å². The average molecular weight is 262 g/mol. The molecule has 5 nitrogen and oxygen atoms in total. The largest absolute Gasteiger partial charge is 0.465 e. The maximum Gasteiger partial charge on any atom is 0.323 e. The van der Waals surface area contributed by atoms with E-state index in [1.165, 1.54) is 0 Å². The second kappa shape index (κ2) is 5.84. The molecule has 102 valence electrons. The summed E-state index contributed by atoms with van der Waals surface area (Å²) in [5.41, 5.74) is 8.64. The Balaban J connectivity index is 2.07. The van der Waals surface area contributed by atoms with Crippen molar-refractivity contribution in [2.24, 2.45) is 5.73 Å². The standard InChI is InChI=1S/C14H18N2O3/c1-2-19-14(18)11(15)7-9-3-4-10-5-6-13(17)16-12(10)8-9/h3-4,8,11H,2,5-7,15H2,1H3,(H,16,17). The minimum Gasteiger partial charge on any atom is -0.465 e. The van der Waals surface area contributed by atoms with Gasteiger partial charge in [0.05, 0.1) is 6.61 Å². The molecule has 0 spiro atoms. The molecule has 1 amide bonds. The third kappa shape index (κ3) is 3.32. The van der Waals surface area contributed by atoms with Crippen LogP contribution in [-0.2, 0) is 27.2 Å². The molecule has 0 radical (unpaired) electrons. The lowest BCUT2D eigenvalue weighted by Gasteiger charge is -2.18. The molecule has 0 fully saturated rings. The van der Waals surface area contributed by atoms with Gasteiger partial charge in [-0.1, -0.05) is 12.1 Å². The van der Waals surface area contributed by atoms with Gasteiger partial charge in [-0.15, -0.1) is 0 Å². The summed E-state index contributed by atoms with van der Waals surface area (Å²) in [6.45, 7) is 2.08. The number of amides is 1. The molecule has 0 saturated heterocycles. The summed E-state index contributed by atoms with van der Waals surface area (Å²) >= 11 is 0. The third-order valence-corrected chi connectivity index (χ3v) is 3.11. The summed E-state index contributed by atoms with van der Waals surface area (Å²) in [5, 5.41) is 2.83. The molecule has 0 saturated carbocycles. The molecule has 0 aliphatic carbocycles. The van der Waals surface area contributed by atoms with E-state index >= 15 is 0 Å². The Bertz CT molecular complexity index is 499. The van der Waals surface area contributed by atoms with Crippen molar-refractivity contribution in [3.8, 4) is 0 Å².